The third kappa shape index (κ3) is 6.74. The van der Waals surface area contributed by atoms with Crippen molar-refractivity contribution in [1.82, 2.24) is 10.1 Å². The molecule has 0 unspecified atom stereocenters. The molecule has 4 aromatic rings. The second kappa shape index (κ2) is 11.9. The van der Waals surface area contributed by atoms with E-state index in [1.54, 1.807) is 6.07 Å². The minimum atomic E-state index is -4.36. The summed E-state index contributed by atoms with van der Waals surface area (Å²) in [7, 11) is 0. The Hall–Kier alpha value is -2.91. The smallest absolute Gasteiger partial charge is 0.416 e. The maximum absolute atomic E-state index is 12.9. The highest BCUT2D eigenvalue weighted by Crippen LogP contribution is 2.36. The van der Waals surface area contributed by atoms with Crippen LogP contribution in [0.3, 0.4) is 0 Å². The molecule has 2 aromatic carbocycles. The summed E-state index contributed by atoms with van der Waals surface area (Å²) >= 11 is 1.50. The average molecular weight is 549 g/mol. The Morgan fingerprint density at radius 2 is 1.71 bits per heavy atom. The number of rotatable bonds is 8. The quantitative estimate of drug-likeness (QED) is 0.240. The molecule has 0 spiro atoms. The fourth-order valence-corrected chi connectivity index (χ4v) is 5.12. The van der Waals surface area contributed by atoms with E-state index in [1.165, 1.54) is 23.5 Å². The summed E-state index contributed by atoms with van der Waals surface area (Å²) in [5, 5.41) is 15.4. The first-order chi connectivity index (χ1) is 17.9. The lowest BCUT2D eigenvalue weighted by Crippen LogP contribution is -2.32. The van der Waals surface area contributed by atoms with Crippen LogP contribution >= 0.6 is 11.3 Å². The normalized spacial score (nSPS) is 12.1. The lowest BCUT2D eigenvalue weighted by Gasteiger charge is -2.24. The third-order valence-corrected chi connectivity index (χ3v) is 7.11. The first-order valence-corrected chi connectivity index (χ1v) is 13.6. The van der Waals surface area contributed by atoms with Crippen molar-refractivity contribution in [1.29, 1.82) is 0 Å². The first-order valence-electron chi connectivity index (χ1n) is 12.7. The number of hydrogen-bond donors (Lipinski definition) is 1. The van der Waals surface area contributed by atoms with Crippen LogP contribution in [0.15, 0.2) is 40.9 Å². The van der Waals surface area contributed by atoms with Crippen molar-refractivity contribution in [2.45, 2.75) is 79.0 Å². The average Bonchev–Trinajstić information content (AvgIpc) is 3.48. The van der Waals surface area contributed by atoms with Gasteiger partial charge < -0.3 is 14.4 Å². The molecule has 1 N–H and O–H groups in total. The Balaban J connectivity index is 0.00000195. The van der Waals surface area contributed by atoms with Gasteiger partial charge in [0.1, 0.15) is 16.4 Å². The molecule has 0 amide bonds. The van der Waals surface area contributed by atoms with Gasteiger partial charge in [-0.1, -0.05) is 45.0 Å². The Morgan fingerprint density at radius 3 is 2.29 bits per heavy atom. The van der Waals surface area contributed by atoms with Gasteiger partial charge in [0.25, 0.3) is 0 Å². The molecular weight excluding hydrogens is 513 g/mol. The van der Waals surface area contributed by atoms with E-state index < -0.39 is 17.3 Å². The van der Waals surface area contributed by atoms with Crippen LogP contribution in [0.5, 0.6) is 5.75 Å². The third-order valence-electron chi connectivity index (χ3n) is 5.93. The molecule has 4 rings (SSSR count). The molecule has 9 heteroatoms. The van der Waals surface area contributed by atoms with Crippen LogP contribution < -0.4 is 4.74 Å². The Labute approximate surface area is 225 Å². The highest BCUT2D eigenvalue weighted by Gasteiger charge is 2.30. The number of nitrogens with zero attached hydrogens (tertiary/aromatic N) is 2. The number of halogens is 3. The number of benzene rings is 2. The van der Waals surface area contributed by atoms with Crippen molar-refractivity contribution in [3.8, 4) is 16.3 Å². The SMILES string of the molecule is CC.Cc1cc2c(CCc3sc(-c4ccc(C(F)(F)F)cc4)nc3C(C)C)noc2cc1OC(C)(C)CO. The number of thiazole rings is 1. The molecule has 0 fully saturated rings. The van der Waals surface area contributed by atoms with Crippen molar-refractivity contribution < 1.29 is 27.5 Å². The van der Waals surface area contributed by atoms with Gasteiger partial charge in [-0.2, -0.15) is 13.2 Å². The van der Waals surface area contributed by atoms with Crippen LogP contribution in [0.25, 0.3) is 21.5 Å². The molecule has 38 heavy (non-hydrogen) atoms. The van der Waals surface area contributed by atoms with E-state index in [1.807, 2.05) is 40.7 Å². The number of hydrogen-bond acceptors (Lipinski definition) is 6. The maximum Gasteiger partial charge on any atom is 0.416 e. The molecule has 0 bridgehead atoms. The standard InChI is InChI=1S/C27H29F3N2O3S.C2H6/c1-15(2)24-23(36-25(31-24)17-6-8-18(9-7-17)27(28,29)30)11-10-20-19-12-16(3)21(13-22(19)35-32-20)34-26(4,5)14-33;1-2/h6-9,12-13,15,33H,10-11,14H2,1-5H3;1-2H3. The van der Waals surface area contributed by atoms with Crippen LogP contribution in [0.1, 0.15) is 74.9 Å². The molecule has 0 radical (unpaired) electrons. The van der Waals surface area contributed by atoms with Gasteiger partial charge in [-0.05, 0) is 63.3 Å². The predicted octanol–water partition coefficient (Wildman–Crippen LogP) is 8.36. The Kier molecular flexibility index (Phi) is 9.26. The van der Waals surface area contributed by atoms with Gasteiger partial charge in [0, 0.05) is 21.9 Å². The summed E-state index contributed by atoms with van der Waals surface area (Å²) in [6.45, 7) is 13.5. The zero-order chi connectivity index (χ0) is 28.3. The zero-order valence-electron chi connectivity index (χ0n) is 22.9. The number of aliphatic hydroxyl groups excluding tert-OH is 1. The van der Waals surface area contributed by atoms with Gasteiger partial charge in [0.05, 0.1) is 23.6 Å². The molecule has 206 valence electrons. The van der Waals surface area contributed by atoms with Gasteiger partial charge >= 0.3 is 6.18 Å². The van der Waals surface area contributed by atoms with Crippen LogP contribution in [0, 0.1) is 6.92 Å². The lowest BCUT2D eigenvalue weighted by molar-refractivity contribution is -0.137. The van der Waals surface area contributed by atoms with E-state index in [0.29, 0.717) is 34.7 Å². The predicted molar refractivity (Wildman–Crippen MR) is 146 cm³/mol. The van der Waals surface area contributed by atoms with Crippen molar-refractivity contribution in [2.24, 2.45) is 0 Å². The molecular formula is C29H35F3N2O3S. The van der Waals surface area contributed by atoms with Crippen molar-refractivity contribution >= 4 is 22.3 Å². The number of fused-ring (bicyclic) bond motifs is 1. The number of ether oxygens (including phenoxy) is 1. The largest absolute Gasteiger partial charge is 0.485 e. The van der Waals surface area contributed by atoms with E-state index in [0.717, 1.165) is 39.3 Å². The molecule has 0 aliphatic rings. The molecule has 0 atom stereocenters. The fraction of sp³-hybridized carbons (Fsp3) is 0.448. The van der Waals surface area contributed by atoms with Gasteiger partial charge in [-0.15, -0.1) is 11.3 Å². The van der Waals surface area contributed by atoms with Crippen LogP contribution in [-0.4, -0.2) is 27.5 Å². The van der Waals surface area contributed by atoms with E-state index in [9.17, 15) is 18.3 Å². The van der Waals surface area contributed by atoms with E-state index in [4.69, 9.17) is 14.2 Å². The molecule has 2 aromatic heterocycles. The Bertz CT molecular complexity index is 1360. The summed E-state index contributed by atoms with van der Waals surface area (Å²) in [5.74, 6) is 0.806. The van der Waals surface area contributed by atoms with E-state index in [-0.39, 0.29) is 12.5 Å². The van der Waals surface area contributed by atoms with Gasteiger partial charge in [-0.25, -0.2) is 4.98 Å². The minimum absolute atomic E-state index is 0.117. The summed E-state index contributed by atoms with van der Waals surface area (Å²) in [6, 6.07) is 8.91. The topological polar surface area (TPSA) is 68.4 Å². The molecule has 0 aliphatic heterocycles. The fourth-order valence-electron chi connectivity index (χ4n) is 3.90. The van der Waals surface area contributed by atoms with Crippen molar-refractivity contribution in [3.05, 3.63) is 63.8 Å². The second-order valence-electron chi connectivity index (χ2n) is 9.82. The highest BCUT2D eigenvalue weighted by molar-refractivity contribution is 7.15. The second-order valence-corrected chi connectivity index (χ2v) is 10.9. The first kappa shape index (κ1) is 29.6. The van der Waals surface area contributed by atoms with Gasteiger partial charge in [0.15, 0.2) is 5.58 Å². The summed E-state index contributed by atoms with van der Waals surface area (Å²) in [6.07, 6.45) is -3.05. The number of aryl methyl sites for hydroxylation is 3. The minimum Gasteiger partial charge on any atom is -0.485 e. The van der Waals surface area contributed by atoms with Crippen molar-refractivity contribution in [2.75, 3.05) is 6.61 Å². The molecule has 5 nitrogen and oxygen atoms in total. The highest BCUT2D eigenvalue weighted by atomic mass is 32.1. The van der Waals surface area contributed by atoms with E-state index in [2.05, 4.69) is 19.0 Å². The van der Waals surface area contributed by atoms with E-state index >= 15 is 0 Å². The van der Waals surface area contributed by atoms with Crippen LogP contribution in [-0.2, 0) is 19.0 Å². The van der Waals surface area contributed by atoms with Gasteiger partial charge in [0.2, 0.25) is 0 Å². The monoisotopic (exact) mass is 548 g/mol. The lowest BCUT2D eigenvalue weighted by atomic mass is 10.0. The van der Waals surface area contributed by atoms with Crippen LogP contribution in [0.2, 0.25) is 0 Å². The van der Waals surface area contributed by atoms with Crippen LogP contribution in [0.4, 0.5) is 13.2 Å². The summed E-state index contributed by atoms with van der Waals surface area (Å²) < 4.78 is 50.3. The Morgan fingerprint density at radius 1 is 1.05 bits per heavy atom. The maximum atomic E-state index is 12.9. The van der Waals surface area contributed by atoms with Gasteiger partial charge in [-0.3, -0.25) is 0 Å². The zero-order valence-corrected chi connectivity index (χ0v) is 23.7. The molecule has 2 heterocycles. The molecule has 0 saturated carbocycles. The molecule has 0 saturated heterocycles. The number of aliphatic hydroxyl groups is 1. The number of aromatic nitrogens is 2. The summed E-state index contributed by atoms with van der Waals surface area (Å²) in [4.78, 5) is 5.84. The van der Waals surface area contributed by atoms with Crippen molar-refractivity contribution in [3.63, 3.8) is 0 Å². The molecule has 0 aliphatic carbocycles. The number of alkyl halides is 3. The summed E-state index contributed by atoms with van der Waals surface area (Å²) in [5.41, 5.74) is 2.57.